The fraction of sp³-hybridized carbons (Fsp3) is 0.400. The Hall–Kier alpha value is -2.29. The van der Waals surface area contributed by atoms with E-state index in [2.05, 4.69) is 9.27 Å². The van der Waals surface area contributed by atoms with Crippen molar-refractivity contribution in [2.75, 3.05) is 32.8 Å². The van der Waals surface area contributed by atoms with Crippen molar-refractivity contribution in [1.29, 1.82) is 0 Å². The molecule has 1 saturated carbocycles. The lowest BCUT2D eigenvalue weighted by molar-refractivity contribution is 0.0435. The molecule has 6 nitrogen and oxygen atoms in total. The minimum atomic E-state index is -0.448. The van der Waals surface area contributed by atoms with E-state index < -0.39 is 16.8 Å². The maximum atomic E-state index is 14.7. The van der Waals surface area contributed by atoms with E-state index in [1.54, 1.807) is 12.1 Å². The number of benzene rings is 1. The molecule has 2 aromatic heterocycles. The average molecular weight is 401 g/mol. The SMILES string of the molecule is O=c1[nH]sc2c1c(=O)c1cc(F)c(C=CCN3CCOCC3)cc1n2C1CC1. The summed E-state index contributed by atoms with van der Waals surface area (Å²) in [4.78, 5) is 27.8. The summed E-state index contributed by atoms with van der Waals surface area (Å²) in [7, 11) is 0. The van der Waals surface area contributed by atoms with Crippen LogP contribution in [0.4, 0.5) is 4.39 Å². The van der Waals surface area contributed by atoms with Crippen molar-refractivity contribution >= 4 is 38.7 Å². The Morgan fingerprint density at radius 1 is 1.25 bits per heavy atom. The third-order valence-electron chi connectivity index (χ3n) is 5.42. The number of pyridine rings is 1. The van der Waals surface area contributed by atoms with E-state index in [0.29, 0.717) is 15.9 Å². The van der Waals surface area contributed by atoms with Gasteiger partial charge < -0.3 is 9.30 Å². The van der Waals surface area contributed by atoms with Crippen LogP contribution in [0.5, 0.6) is 0 Å². The molecule has 1 aliphatic carbocycles. The highest BCUT2D eigenvalue weighted by Crippen LogP contribution is 2.40. The molecule has 1 aliphatic heterocycles. The number of aromatic nitrogens is 2. The Kier molecular flexibility index (Phi) is 4.41. The molecule has 2 fully saturated rings. The van der Waals surface area contributed by atoms with Gasteiger partial charge in [-0.15, -0.1) is 0 Å². The predicted molar refractivity (Wildman–Crippen MR) is 109 cm³/mol. The van der Waals surface area contributed by atoms with Crippen LogP contribution < -0.4 is 11.0 Å². The number of morpholine rings is 1. The van der Waals surface area contributed by atoms with Crippen LogP contribution in [0.2, 0.25) is 0 Å². The number of fused-ring (bicyclic) bond motifs is 2. The minimum Gasteiger partial charge on any atom is -0.379 e. The largest absolute Gasteiger partial charge is 0.379 e. The third-order valence-corrected chi connectivity index (χ3v) is 6.30. The second-order valence-corrected chi connectivity index (χ2v) is 8.14. The summed E-state index contributed by atoms with van der Waals surface area (Å²) < 4.78 is 24.8. The van der Waals surface area contributed by atoms with E-state index in [9.17, 15) is 14.0 Å². The number of nitrogens with one attached hydrogen (secondary N) is 1. The fourth-order valence-electron chi connectivity index (χ4n) is 3.80. The van der Waals surface area contributed by atoms with Gasteiger partial charge in [-0.05, 0) is 36.5 Å². The Balaban J connectivity index is 1.61. The first kappa shape index (κ1) is 17.8. The summed E-state index contributed by atoms with van der Waals surface area (Å²) in [6.07, 6.45) is 5.72. The second-order valence-electron chi connectivity index (χ2n) is 7.35. The number of ether oxygens (including phenoxy) is 1. The molecular weight excluding hydrogens is 381 g/mol. The highest BCUT2D eigenvalue weighted by atomic mass is 32.1. The fourth-order valence-corrected chi connectivity index (χ4v) is 4.73. The zero-order valence-corrected chi connectivity index (χ0v) is 16.1. The standard InChI is InChI=1S/C20H20FN3O3S/c21-15-11-14-16(10-12(15)2-1-5-23-6-8-27-9-7-23)24(13-3-4-13)20-17(18(14)25)19(26)22-28-20/h1-2,10-11,13H,3-9H2,(H,22,26). The van der Waals surface area contributed by atoms with Crippen LogP contribution in [0.1, 0.15) is 24.4 Å². The molecule has 0 spiro atoms. The number of hydrogen-bond donors (Lipinski definition) is 1. The van der Waals surface area contributed by atoms with Gasteiger partial charge in [0.1, 0.15) is 16.0 Å². The first-order chi connectivity index (χ1) is 13.6. The molecule has 1 N–H and O–H groups in total. The minimum absolute atomic E-state index is 0.138. The van der Waals surface area contributed by atoms with Gasteiger partial charge >= 0.3 is 0 Å². The number of hydrogen-bond acceptors (Lipinski definition) is 5. The van der Waals surface area contributed by atoms with E-state index in [4.69, 9.17) is 4.74 Å². The van der Waals surface area contributed by atoms with E-state index in [1.165, 1.54) is 17.6 Å². The molecule has 3 aromatic rings. The predicted octanol–water partition coefficient (Wildman–Crippen LogP) is 2.72. The molecule has 146 valence electrons. The van der Waals surface area contributed by atoms with Gasteiger partial charge in [0.25, 0.3) is 5.56 Å². The number of rotatable bonds is 4. The van der Waals surface area contributed by atoms with E-state index in [-0.39, 0.29) is 16.8 Å². The van der Waals surface area contributed by atoms with Crippen LogP contribution in [0.25, 0.3) is 27.2 Å². The molecule has 5 rings (SSSR count). The molecule has 0 unspecified atom stereocenters. The molecule has 28 heavy (non-hydrogen) atoms. The van der Waals surface area contributed by atoms with Crippen molar-refractivity contribution in [3.05, 3.63) is 50.2 Å². The van der Waals surface area contributed by atoms with Gasteiger partial charge in [-0.25, -0.2) is 4.39 Å². The summed E-state index contributed by atoms with van der Waals surface area (Å²) in [5.74, 6) is -0.448. The van der Waals surface area contributed by atoms with Crippen LogP contribution in [0.3, 0.4) is 0 Å². The lowest BCUT2D eigenvalue weighted by atomic mass is 10.1. The van der Waals surface area contributed by atoms with Crippen molar-refractivity contribution < 1.29 is 9.13 Å². The van der Waals surface area contributed by atoms with Gasteiger partial charge in [0.2, 0.25) is 5.43 Å². The zero-order chi connectivity index (χ0) is 19.3. The second kappa shape index (κ2) is 6.95. The van der Waals surface area contributed by atoms with Gasteiger partial charge in [0.15, 0.2) is 0 Å². The Morgan fingerprint density at radius 2 is 2.04 bits per heavy atom. The van der Waals surface area contributed by atoms with Gasteiger partial charge in [-0.1, -0.05) is 12.2 Å². The van der Waals surface area contributed by atoms with Gasteiger partial charge in [-0.2, -0.15) is 0 Å². The summed E-state index contributed by atoms with van der Waals surface area (Å²) in [6, 6.07) is 3.28. The summed E-state index contributed by atoms with van der Waals surface area (Å²) in [5.41, 5.74) is 0.364. The lowest BCUT2D eigenvalue weighted by Crippen LogP contribution is -2.36. The maximum Gasteiger partial charge on any atom is 0.271 e. The molecule has 2 aliphatic rings. The highest BCUT2D eigenvalue weighted by Gasteiger charge is 2.29. The van der Waals surface area contributed by atoms with Gasteiger partial charge in [0, 0.05) is 36.6 Å². The maximum absolute atomic E-state index is 14.7. The Bertz CT molecular complexity index is 1200. The van der Waals surface area contributed by atoms with Crippen molar-refractivity contribution in [2.24, 2.45) is 0 Å². The number of H-pyrrole nitrogens is 1. The zero-order valence-electron chi connectivity index (χ0n) is 15.2. The van der Waals surface area contributed by atoms with Crippen LogP contribution in [-0.2, 0) is 4.74 Å². The molecule has 0 bridgehead atoms. The molecule has 0 atom stereocenters. The molecule has 0 amide bonds. The Labute approximate surface area is 164 Å². The monoisotopic (exact) mass is 401 g/mol. The summed E-state index contributed by atoms with van der Waals surface area (Å²) in [5, 5.41) is 0.408. The van der Waals surface area contributed by atoms with Crippen molar-refractivity contribution in [3.63, 3.8) is 0 Å². The normalized spacial score (nSPS) is 18.6. The third kappa shape index (κ3) is 3.01. The molecule has 8 heteroatoms. The van der Waals surface area contributed by atoms with E-state index in [0.717, 1.165) is 45.7 Å². The lowest BCUT2D eigenvalue weighted by Gasteiger charge is -2.25. The van der Waals surface area contributed by atoms with Crippen molar-refractivity contribution in [3.8, 4) is 0 Å². The topological polar surface area (TPSA) is 67.3 Å². The van der Waals surface area contributed by atoms with Crippen molar-refractivity contribution in [2.45, 2.75) is 18.9 Å². The summed E-state index contributed by atoms with van der Waals surface area (Å²) >= 11 is 1.18. The molecule has 0 radical (unpaired) electrons. The summed E-state index contributed by atoms with van der Waals surface area (Å²) in [6.45, 7) is 3.92. The number of halogens is 1. The molecular formula is C20H20FN3O3S. The Morgan fingerprint density at radius 3 is 2.79 bits per heavy atom. The van der Waals surface area contributed by atoms with Gasteiger partial charge in [0.05, 0.1) is 18.7 Å². The smallest absolute Gasteiger partial charge is 0.271 e. The van der Waals surface area contributed by atoms with E-state index in [1.807, 2.05) is 10.6 Å². The highest BCUT2D eigenvalue weighted by molar-refractivity contribution is 7.12. The number of nitrogens with zero attached hydrogens (tertiary/aromatic N) is 2. The van der Waals surface area contributed by atoms with Gasteiger partial charge in [-0.3, -0.25) is 18.9 Å². The number of aromatic amines is 1. The van der Waals surface area contributed by atoms with Crippen LogP contribution >= 0.6 is 11.5 Å². The van der Waals surface area contributed by atoms with Crippen LogP contribution in [0, 0.1) is 5.82 Å². The van der Waals surface area contributed by atoms with Crippen LogP contribution in [0.15, 0.2) is 27.8 Å². The van der Waals surface area contributed by atoms with E-state index >= 15 is 0 Å². The average Bonchev–Trinajstić information content (AvgIpc) is 3.46. The molecule has 3 heterocycles. The van der Waals surface area contributed by atoms with Crippen LogP contribution in [-0.4, -0.2) is 46.7 Å². The first-order valence-electron chi connectivity index (χ1n) is 9.49. The molecule has 1 aromatic carbocycles. The molecule has 1 saturated heterocycles. The quantitative estimate of drug-likeness (QED) is 0.730. The first-order valence-corrected chi connectivity index (χ1v) is 10.3. The van der Waals surface area contributed by atoms with Crippen molar-refractivity contribution in [1.82, 2.24) is 13.8 Å².